The molecule has 0 saturated carbocycles. The lowest BCUT2D eigenvalue weighted by molar-refractivity contribution is -0.148. The topological polar surface area (TPSA) is 94.6 Å². The zero-order chi connectivity index (χ0) is 23.3. The SMILES string of the molecule is CCCC(=O)OC(C)c1ccc(CCOc2ccc(CC(SC)C(=O)NC=O)cc2)nc1. The molecule has 172 valence electrons. The summed E-state index contributed by atoms with van der Waals surface area (Å²) in [5.74, 6) is 0.247. The summed E-state index contributed by atoms with van der Waals surface area (Å²) in [4.78, 5) is 38.4. The van der Waals surface area contributed by atoms with Gasteiger partial charge in [0.05, 0.1) is 11.9 Å². The molecule has 0 saturated heterocycles. The van der Waals surface area contributed by atoms with Crippen LogP contribution in [0.15, 0.2) is 42.6 Å². The summed E-state index contributed by atoms with van der Waals surface area (Å²) >= 11 is 1.40. The largest absolute Gasteiger partial charge is 0.493 e. The molecule has 2 aromatic rings. The van der Waals surface area contributed by atoms with Crippen molar-refractivity contribution in [3.8, 4) is 5.75 Å². The van der Waals surface area contributed by atoms with Crippen LogP contribution in [0.4, 0.5) is 0 Å². The third kappa shape index (κ3) is 8.34. The van der Waals surface area contributed by atoms with E-state index in [0.29, 0.717) is 32.3 Å². The number of hydrogen-bond donors (Lipinski definition) is 1. The molecule has 1 heterocycles. The van der Waals surface area contributed by atoms with Crippen molar-refractivity contribution in [2.24, 2.45) is 0 Å². The van der Waals surface area contributed by atoms with Gasteiger partial charge in [-0.2, -0.15) is 11.8 Å². The molecule has 0 aliphatic rings. The van der Waals surface area contributed by atoms with Crippen molar-refractivity contribution in [1.29, 1.82) is 0 Å². The molecule has 0 aliphatic heterocycles. The van der Waals surface area contributed by atoms with Crippen molar-refractivity contribution >= 4 is 30.0 Å². The Bertz CT molecular complexity index is 871. The number of carbonyl (C=O) groups is 3. The van der Waals surface area contributed by atoms with Crippen molar-refractivity contribution in [3.05, 3.63) is 59.4 Å². The smallest absolute Gasteiger partial charge is 0.306 e. The fourth-order valence-corrected chi connectivity index (χ4v) is 3.64. The number of carbonyl (C=O) groups excluding carboxylic acids is 3. The number of amides is 2. The number of nitrogens with one attached hydrogen (secondary N) is 1. The normalized spacial score (nSPS) is 12.5. The summed E-state index contributed by atoms with van der Waals surface area (Å²) in [5, 5.41) is 1.88. The third-order valence-electron chi connectivity index (χ3n) is 4.83. The molecule has 1 N–H and O–H groups in total. The molecule has 7 nitrogen and oxygen atoms in total. The predicted octanol–water partition coefficient (Wildman–Crippen LogP) is 3.65. The van der Waals surface area contributed by atoms with Crippen LogP contribution >= 0.6 is 11.8 Å². The van der Waals surface area contributed by atoms with Gasteiger partial charge in [-0.05, 0) is 49.8 Å². The molecular formula is C24H30N2O5S. The Balaban J connectivity index is 1.80. The minimum absolute atomic E-state index is 0.198. The van der Waals surface area contributed by atoms with E-state index in [1.807, 2.05) is 56.5 Å². The predicted molar refractivity (Wildman–Crippen MR) is 125 cm³/mol. The molecule has 0 fully saturated rings. The van der Waals surface area contributed by atoms with E-state index in [2.05, 4.69) is 10.3 Å². The van der Waals surface area contributed by atoms with Crippen LogP contribution in [0.3, 0.4) is 0 Å². The summed E-state index contributed by atoms with van der Waals surface area (Å²) in [7, 11) is 0. The van der Waals surface area contributed by atoms with Gasteiger partial charge in [-0.3, -0.25) is 24.7 Å². The Kier molecular flexibility index (Phi) is 10.7. The Labute approximate surface area is 193 Å². The highest BCUT2D eigenvalue weighted by atomic mass is 32.2. The van der Waals surface area contributed by atoms with Crippen LogP contribution in [0.5, 0.6) is 5.75 Å². The summed E-state index contributed by atoms with van der Waals surface area (Å²) in [5.41, 5.74) is 2.74. The van der Waals surface area contributed by atoms with Crippen LogP contribution in [0.25, 0.3) is 0 Å². The standard InChI is InChI=1S/C24H30N2O5S/c1-4-5-23(28)31-17(2)19-8-9-20(25-15-19)12-13-30-21-10-6-18(7-11-21)14-22(32-3)24(29)26-16-27/h6-11,15-17,22H,4-5,12-14H2,1-3H3,(H,26,27,29). The average molecular weight is 459 g/mol. The highest BCUT2D eigenvalue weighted by molar-refractivity contribution is 7.99. The number of thioether (sulfide) groups is 1. The number of pyridine rings is 1. The van der Waals surface area contributed by atoms with Crippen molar-refractivity contribution < 1.29 is 23.9 Å². The molecule has 0 radical (unpaired) electrons. The van der Waals surface area contributed by atoms with Gasteiger partial charge in [0.1, 0.15) is 11.9 Å². The number of hydrogen-bond acceptors (Lipinski definition) is 7. The van der Waals surface area contributed by atoms with Crippen molar-refractivity contribution in [2.45, 2.75) is 50.9 Å². The van der Waals surface area contributed by atoms with Crippen LogP contribution < -0.4 is 10.1 Å². The molecule has 0 aliphatic carbocycles. The molecule has 8 heteroatoms. The van der Waals surface area contributed by atoms with Crippen LogP contribution in [0, 0.1) is 0 Å². The first-order valence-corrected chi connectivity index (χ1v) is 11.9. The second kappa shape index (κ2) is 13.5. The van der Waals surface area contributed by atoms with E-state index < -0.39 is 0 Å². The van der Waals surface area contributed by atoms with E-state index in [1.54, 1.807) is 6.20 Å². The van der Waals surface area contributed by atoms with Crippen LogP contribution in [-0.4, -0.2) is 41.4 Å². The quantitative estimate of drug-likeness (QED) is 0.362. The average Bonchev–Trinajstić information content (AvgIpc) is 2.79. The van der Waals surface area contributed by atoms with E-state index >= 15 is 0 Å². The van der Waals surface area contributed by atoms with Crippen LogP contribution in [-0.2, 0) is 32.0 Å². The number of aromatic nitrogens is 1. The zero-order valence-corrected chi connectivity index (χ0v) is 19.5. The highest BCUT2D eigenvalue weighted by Gasteiger charge is 2.17. The molecular weight excluding hydrogens is 428 g/mol. The molecule has 1 aromatic heterocycles. The van der Waals surface area contributed by atoms with Gasteiger partial charge in [-0.1, -0.05) is 25.1 Å². The monoisotopic (exact) mass is 458 g/mol. The number of imide groups is 1. The van der Waals surface area contributed by atoms with Crippen LogP contribution in [0.1, 0.15) is 49.6 Å². The van der Waals surface area contributed by atoms with Crippen molar-refractivity contribution in [2.75, 3.05) is 12.9 Å². The lowest BCUT2D eigenvalue weighted by Gasteiger charge is -2.14. The Hall–Kier alpha value is -2.87. The van der Waals surface area contributed by atoms with Gasteiger partial charge >= 0.3 is 5.97 Å². The molecule has 2 unspecified atom stereocenters. The minimum atomic E-state index is -0.320. The second-order valence-corrected chi connectivity index (χ2v) is 8.30. The van der Waals surface area contributed by atoms with E-state index in [0.717, 1.165) is 29.0 Å². The second-order valence-electron chi connectivity index (χ2n) is 7.26. The molecule has 2 amide bonds. The number of rotatable bonds is 13. The van der Waals surface area contributed by atoms with Gasteiger partial charge in [-0.25, -0.2) is 0 Å². The first-order valence-electron chi connectivity index (χ1n) is 10.6. The molecule has 2 rings (SSSR count). The van der Waals surface area contributed by atoms with E-state index in [1.165, 1.54) is 11.8 Å². The number of benzene rings is 1. The van der Waals surface area contributed by atoms with Gasteiger partial charge in [0.15, 0.2) is 0 Å². The summed E-state index contributed by atoms with van der Waals surface area (Å²) in [6, 6.07) is 11.4. The van der Waals surface area contributed by atoms with Gasteiger partial charge in [0.25, 0.3) is 0 Å². The maximum atomic E-state index is 11.8. The number of nitrogens with zero attached hydrogens (tertiary/aromatic N) is 1. The van der Waals surface area contributed by atoms with Gasteiger partial charge in [0.2, 0.25) is 12.3 Å². The molecule has 32 heavy (non-hydrogen) atoms. The lowest BCUT2D eigenvalue weighted by Crippen LogP contribution is -2.32. The number of ether oxygens (including phenoxy) is 2. The summed E-state index contributed by atoms with van der Waals surface area (Å²) in [6.07, 6.45) is 6.03. The van der Waals surface area contributed by atoms with Gasteiger partial charge < -0.3 is 9.47 Å². The molecule has 0 spiro atoms. The summed E-state index contributed by atoms with van der Waals surface area (Å²) < 4.78 is 11.2. The van der Waals surface area contributed by atoms with E-state index in [4.69, 9.17) is 9.47 Å². The third-order valence-corrected chi connectivity index (χ3v) is 5.78. The number of esters is 1. The maximum absolute atomic E-state index is 11.8. The fourth-order valence-electron chi connectivity index (χ4n) is 3.00. The molecule has 0 bridgehead atoms. The van der Waals surface area contributed by atoms with Crippen LogP contribution in [0.2, 0.25) is 0 Å². The fraction of sp³-hybridized carbons (Fsp3) is 0.417. The van der Waals surface area contributed by atoms with E-state index in [9.17, 15) is 14.4 Å². The van der Waals surface area contributed by atoms with Crippen molar-refractivity contribution in [1.82, 2.24) is 10.3 Å². The summed E-state index contributed by atoms with van der Waals surface area (Å²) in [6.45, 7) is 4.26. The molecule has 1 aromatic carbocycles. The van der Waals surface area contributed by atoms with Crippen molar-refractivity contribution in [3.63, 3.8) is 0 Å². The maximum Gasteiger partial charge on any atom is 0.306 e. The first kappa shape index (κ1) is 25.4. The lowest BCUT2D eigenvalue weighted by atomic mass is 10.1. The minimum Gasteiger partial charge on any atom is -0.493 e. The van der Waals surface area contributed by atoms with Gasteiger partial charge in [-0.15, -0.1) is 0 Å². The highest BCUT2D eigenvalue weighted by Crippen LogP contribution is 2.19. The Morgan fingerprint density at radius 3 is 2.53 bits per heavy atom. The van der Waals surface area contributed by atoms with E-state index in [-0.39, 0.29) is 23.2 Å². The first-order chi connectivity index (χ1) is 15.5. The zero-order valence-electron chi connectivity index (χ0n) is 18.7. The Morgan fingerprint density at radius 1 is 1.19 bits per heavy atom. The Morgan fingerprint density at radius 2 is 1.94 bits per heavy atom. The molecule has 2 atom stereocenters. The van der Waals surface area contributed by atoms with Gasteiger partial charge in [0, 0.05) is 30.3 Å².